The highest BCUT2D eigenvalue weighted by molar-refractivity contribution is 5.85. The topological polar surface area (TPSA) is 46.3 Å². The monoisotopic (exact) mass is 342 g/mol. The zero-order valence-electron chi connectivity index (χ0n) is 14.2. The molecular weight excluding hydrogens is 317 g/mol. The second-order valence-electron chi connectivity index (χ2n) is 7.17. The van der Waals surface area contributed by atoms with Gasteiger partial charge in [-0.15, -0.1) is 0 Å². The molecule has 1 aromatic rings. The van der Waals surface area contributed by atoms with Crippen LogP contribution in [0.1, 0.15) is 44.2 Å². The first-order valence-electron chi connectivity index (χ1n) is 8.32. The molecule has 24 heavy (non-hydrogen) atoms. The summed E-state index contributed by atoms with van der Waals surface area (Å²) in [6, 6.07) is 5.72. The Bertz CT molecular complexity index is 578. The lowest BCUT2D eigenvalue weighted by Crippen LogP contribution is -2.53. The van der Waals surface area contributed by atoms with Gasteiger partial charge in [-0.1, -0.05) is 18.2 Å². The summed E-state index contributed by atoms with van der Waals surface area (Å²) in [5.74, 6) is 0.120. The molecule has 0 aliphatic carbocycles. The maximum atomic E-state index is 13.0. The fourth-order valence-corrected chi connectivity index (χ4v) is 3.27. The van der Waals surface area contributed by atoms with E-state index >= 15 is 0 Å². The van der Waals surface area contributed by atoms with Crippen molar-refractivity contribution in [2.24, 2.45) is 11.7 Å². The van der Waals surface area contributed by atoms with Crippen LogP contribution in [0.3, 0.4) is 0 Å². The van der Waals surface area contributed by atoms with Crippen molar-refractivity contribution >= 4 is 5.91 Å². The van der Waals surface area contributed by atoms with E-state index in [0.29, 0.717) is 31.5 Å². The summed E-state index contributed by atoms with van der Waals surface area (Å²) in [7, 11) is 0. The van der Waals surface area contributed by atoms with E-state index in [0.717, 1.165) is 18.9 Å². The molecule has 1 fully saturated rings. The van der Waals surface area contributed by atoms with Crippen molar-refractivity contribution < 1.29 is 18.0 Å². The van der Waals surface area contributed by atoms with Crippen molar-refractivity contribution in [1.29, 1.82) is 0 Å². The minimum atomic E-state index is -4.32. The van der Waals surface area contributed by atoms with Crippen molar-refractivity contribution in [3.8, 4) is 0 Å². The molecule has 0 bridgehead atoms. The van der Waals surface area contributed by atoms with Gasteiger partial charge in [-0.25, -0.2) is 0 Å². The van der Waals surface area contributed by atoms with Crippen LogP contribution >= 0.6 is 0 Å². The van der Waals surface area contributed by atoms with Gasteiger partial charge in [-0.05, 0) is 57.1 Å². The molecule has 2 rings (SSSR count). The normalized spacial score (nSPS) is 19.4. The number of alkyl halides is 3. The van der Waals surface area contributed by atoms with Crippen LogP contribution in [0, 0.1) is 5.92 Å². The first-order chi connectivity index (χ1) is 11.1. The average Bonchev–Trinajstić information content (AvgIpc) is 2.51. The summed E-state index contributed by atoms with van der Waals surface area (Å²) in [5.41, 5.74) is 4.73. The third kappa shape index (κ3) is 4.72. The van der Waals surface area contributed by atoms with Crippen LogP contribution in [-0.4, -0.2) is 29.4 Å². The van der Waals surface area contributed by atoms with Crippen LogP contribution in [0.25, 0.3) is 0 Å². The largest absolute Gasteiger partial charge is 0.416 e. The lowest BCUT2D eigenvalue weighted by molar-refractivity contribution is -0.138. The highest BCUT2D eigenvalue weighted by Crippen LogP contribution is 2.33. The van der Waals surface area contributed by atoms with Gasteiger partial charge < -0.3 is 10.6 Å². The number of aryl methyl sites for hydroxylation is 1. The van der Waals surface area contributed by atoms with E-state index in [1.807, 2.05) is 0 Å². The second-order valence-corrected chi connectivity index (χ2v) is 7.17. The van der Waals surface area contributed by atoms with E-state index in [1.54, 1.807) is 24.8 Å². The van der Waals surface area contributed by atoms with Crippen LogP contribution in [0.5, 0.6) is 0 Å². The summed E-state index contributed by atoms with van der Waals surface area (Å²) < 4.78 is 39.1. The van der Waals surface area contributed by atoms with E-state index in [9.17, 15) is 18.0 Å². The average molecular weight is 342 g/mol. The number of nitrogens with two attached hydrogens (primary N) is 1. The Morgan fingerprint density at radius 1 is 1.29 bits per heavy atom. The van der Waals surface area contributed by atoms with Gasteiger partial charge in [0.2, 0.25) is 5.91 Å². The molecule has 1 saturated heterocycles. The number of amides is 1. The van der Waals surface area contributed by atoms with Gasteiger partial charge in [-0.3, -0.25) is 4.79 Å². The number of nitrogens with zero attached hydrogens (tertiary/aromatic N) is 1. The number of halogens is 3. The molecule has 0 spiro atoms. The van der Waals surface area contributed by atoms with Crippen LogP contribution in [0.2, 0.25) is 0 Å². The quantitative estimate of drug-likeness (QED) is 0.908. The molecular formula is C18H25F3N2O. The third-order valence-electron chi connectivity index (χ3n) is 4.50. The standard InChI is InChI=1S/C18H25F3N2O/c1-17(2,22)16(24)23-11-5-6-13(12-23)9-10-14-7-3-4-8-15(14)18(19,20)21/h3-4,7-8,13H,5-6,9-12,22H2,1-2H3/t13-/m0/s1. The Balaban J connectivity index is 1.99. The first kappa shape index (κ1) is 18.8. The minimum Gasteiger partial charge on any atom is -0.341 e. The van der Waals surface area contributed by atoms with Crippen molar-refractivity contribution in [3.63, 3.8) is 0 Å². The molecule has 0 aromatic heterocycles. The molecule has 1 atom stereocenters. The molecule has 1 heterocycles. The number of carbonyl (C=O) groups is 1. The summed E-state index contributed by atoms with van der Waals surface area (Å²) in [5, 5.41) is 0. The maximum absolute atomic E-state index is 13.0. The van der Waals surface area contributed by atoms with Crippen molar-refractivity contribution in [3.05, 3.63) is 35.4 Å². The van der Waals surface area contributed by atoms with Gasteiger partial charge in [0.15, 0.2) is 0 Å². The summed E-state index contributed by atoms with van der Waals surface area (Å²) in [6.07, 6.45) is -1.51. The minimum absolute atomic E-state index is 0.0945. The molecule has 0 radical (unpaired) electrons. The van der Waals surface area contributed by atoms with Crippen LogP contribution < -0.4 is 5.73 Å². The summed E-state index contributed by atoms with van der Waals surface area (Å²) >= 11 is 0. The van der Waals surface area contributed by atoms with Gasteiger partial charge >= 0.3 is 6.18 Å². The van der Waals surface area contributed by atoms with Gasteiger partial charge in [0, 0.05) is 13.1 Å². The van der Waals surface area contributed by atoms with Gasteiger partial charge in [0.25, 0.3) is 0 Å². The molecule has 1 aliphatic heterocycles. The molecule has 6 heteroatoms. The van der Waals surface area contributed by atoms with Gasteiger partial charge in [0.05, 0.1) is 11.1 Å². The number of hydrogen-bond donors (Lipinski definition) is 1. The zero-order valence-corrected chi connectivity index (χ0v) is 14.2. The van der Waals surface area contributed by atoms with Crippen LogP contribution in [-0.2, 0) is 17.4 Å². The predicted octanol–water partition coefficient (Wildman–Crippen LogP) is 3.61. The van der Waals surface area contributed by atoms with E-state index in [2.05, 4.69) is 0 Å². The highest BCUT2D eigenvalue weighted by Gasteiger charge is 2.34. The van der Waals surface area contributed by atoms with Gasteiger partial charge in [-0.2, -0.15) is 13.2 Å². The van der Waals surface area contributed by atoms with Crippen molar-refractivity contribution in [2.75, 3.05) is 13.1 Å². The lowest BCUT2D eigenvalue weighted by atomic mass is 9.89. The van der Waals surface area contributed by atoms with Crippen molar-refractivity contribution in [2.45, 2.75) is 51.2 Å². The van der Waals surface area contributed by atoms with E-state index in [-0.39, 0.29) is 11.8 Å². The molecule has 0 unspecified atom stereocenters. The molecule has 0 saturated carbocycles. The smallest absolute Gasteiger partial charge is 0.341 e. The number of hydrogen-bond acceptors (Lipinski definition) is 2. The number of likely N-dealkylation sites (tertiary alicyclic amines) is 1. The maximum Gasteiger partial charge on any atom is 0.416 e. The fraction of sp³-hybridized carbons (Fsp3) is 0.611. The predicted molar refractivity (Wildman–Crippen MR) is 87.3 cm³/mol. The molecule has 134 valence electrons. The number of benzene rings is 1. The second kappa shape index (κ2) is 7.13. The SMILES string of the molecule is CC(C)(N)C(=O)N1CCC[C@@H](CCc2ccccc2C(F)(F)F)C1. The lowest BCUT2D eigenvalue weighted by Gasteiger charge is -2.36. The van der Waals surface area contributed by atoms with Crippen LogP contribution in [0.15, 0.2) is 24.3 Å². The van der Waals surface area contributed by atoms with E-state index in [4.69, 9.17) is 5.73 Å². The Kier molecular flexibility index (Phi) is 5.58. The molecule has 1 aromatic carbocycles. The zero-order chi connectivity index (χ0) is 18.0. The molecule has 1 amide bonds. The highest BCUT2D eigenvalue weighted by atomic mass is 19.4. The van der Waals surface area contributed by atoms with E-state index < -0.39 is 17.3 Å². The van der Waals surface area contributed by atoms with Crippen LogP contribution in [0.4, 0.5) is 13.2 Å². The first-order valence-corrected chi connectivity index (χ1v) is 8.32. The molecule has 2 N–H and O–H groups in total. The Labute approximate surface area is 141 Å². The number of piperidine rings is 1. The third-order valence-corrected chi connectivity index (χ3v) is 4.50. The summed E-state index contributed by atoms with van der Waals surface area (Å²) in [4.78, 5) is 14.0. The Hall–Kier alpha value is -1.56. The Morgan fingerprint density at radius 3 is 2.58 bits per heavy atom. The molecule has 1 aliphatic rings. The van der Waals surface area contributed by atoms with Crippen molar-refractivity contribution in [1.82, 2.24) is 4.90 Å². The number of carbonyl (C=O) groups excluding carboxylic acids is 1. The fourth-order valence-electron chi connectivity index (χ4n) is 3.27. The Morgan fingerprint density at radius 2 is 1.96 bits per heavy atom. The van der Waals surface area contributed by atoms with Gasteiger partial charge in [0.1, 0.15) is 0 Å². The molecule has 3 nitrogen and oxygen atoms in total. The van der Waals surface area contributed by atoms with E-state index in [1.165, 1.54) is 12.1 Å². The number of rotatable bonds is 4. The summed E-state index contributed by atoms with van der Waals surface area (Å²) in [6.45, 7) is 4.61.